The van der Waals surface area contributed by atoms with E-state index in [1.807, 2.05) is 23.8 Å². The summed E-state index contributed by atoms with van der Waals surface area (Å²) in [6.07, 6.45) is 7.88. The van der Waals surface area contributed by atoms with Gasteiger partial charge in [-0.15, -0.1) is 10.2 Å². The summed E-state index contributed by atoms with van der Waals surface area (Å²) >= 11 is 0. The number of benzene rings is 1. The molecule has 1 aliphatic heterocycles. The number of carbonyl (C=O) groups is 1. The van der Waals surface area contributed by atoms with Gasteiger partial charge in [-0.05, 0) is 62.9 Å². The Kier molecular flexibility index (Phi) is 4.79. The number of nitrogens with one attached hydrogen (secondary N) is 1. The van der Waals surface area contributed by atoms with Gasteiger partial charge in [-0.3, -0.25) is 4.79 Å². The number of anilines is 1. The fraction of sp³-hybridized carbons (Fsp3) is 0.320. The highest BCUT2D eigenvalue weighted by molar-refractivity contribution is 6.04. The molecule has 34 heavy (non-hydrogen) atoms. The second-order valence-corrected chi connectivity index (χ2v) is 9.16. The average Bonchev–Trinajstić information content (AvgIpc) is 3.23. The monoisotopic (exact) mass is 457 g/mol. The van der Waals surface area contributed by atoms with Gasteiger partial charge in [-0.25, -0.2) is 14.4 Å². The Morgan fingerprint density at radius 2 is 2.03 bits per heavy atom. The summed E-state index contributed by atoms with van der Waals surface area (Å²) in [6.45, 7) is 3.94. The van der Waals surface area contributed by atoms with Gasteiger partial charge in [-0.2, -0.15) is 0 Å². The van der Waals surface area contributed by atoms with Crippen molar-refractivity contribution < 1.29 is 9.18 Å². The van der Waals surface area contributed by atoms with Gasteiger partial charge in [0.25, 0.3) is 5.91 Å². The van der Waals surface area contributed by atoms with Gasteiger partial charge in [0.2, 0.25) is 0 Å². The van der Waals surface area contributed by atoms with Crippen molar-refractivity contribution >= 4 is 11.7 Å². The lowest BCUT2D eigenvalue weighted by Crippen LogP contribution is -2.16. The van der Waals surface area contributed by atoms with Crippen molar-refractivity contribution in [2.45, 2.75) is 51.5 Å². The van der Waals surface area contributed by atoms with E-state index in [-0.39, 0.29) is 5.56 Å². The van der Waals surface area contributed by atoms with Crippen LogP contribution in [0.2, 0.25) is 0 Å². The van der Waals surface area contributed by atoms with Crippen LogP contribution in [-0.2, 0) is 6.42 Å². The van der Waals surface area contributed by atoms with Gasteiger partial charge in [0.15, 0.2) is 5.82 Å². The van der Waals surface area contributed by atoms with Crippen LogP contribution >= 0.6 is 0 Å². The third-order valence-electron chi connectivity index (χ3n) is 6.62. The number of hydrogen-bond donors (Lipinski definition) is 1. The van der Waals surface area contributed by atoms with Crippen molar-refractivity contribution in [3.05, 3.63) is 71.3 Å². The molecule has 0 spiro atoms. The molecule has 4 aromatic rings. The van der Waals surface area contributed by atoms with Gasteiger partial charge in [0.05, 0.1) is 23.3 Å². The van der Waals surface area contributed by atoms with E-state index in [0.29, 0.717) is 29.3 Å². The minimum absolute atomic E-state index is 0.0496. The van der Waals surface area contributed by atoms with E-state index < -0.39 is 11.7 Å². The standard InChI is InChI=1S/C25H24FN7O/c1-14-10-18(26)17(11-21(14)32-12-20(27-13-32)16-7-8-16)25(34)29-22-5-3-4-19(28-22)24-31-30-23-9-6-15(2)33(23)24/h3-5,10-13,15-16H,6-9H2,1-2H3,(H,28,29,34). The maximum Gasteiger partial charge on any atom is 0.259 e. The van der Waals surface area contributed by atoms with Crippen LogP contribution in [0.25, 0.3) is 17.2 Å². The lowest BCUT2D eigenvalue weighted by molar-refractivity contribution is 0.102. The predicted octanol–water partition coefficient (Wildman–Crippen LogP) is 4.61. The number of amides is 1. The zero-order chi connectivity index (χ0) is 23.4. The second-order valence-electron chi connectivity index (χ2n) is 9.16. The maximum atomic E-state index is 14.8. The van der Waals surface area contributed by atoms with Crippen LogP contribution in [0, 0.1) is 12.7 Å². The van der Waals surface area contributed by atoms with E-state index in [1.165, 1.54) is 6.07 Å². The molecular formula is C25H24FN7O. The van der Waals surface area contributed by atoms with Crippen molar-refractivity contribution in [3.8, 4) is 17.2 Å². The molecule has 172 valence electrons. The molecule has 9 heteroatoms. The molecule has 0 bridgehead atoms. The minimum Gasteiger partial charge on any atom is -0.307 e. The van der Waals surface area contributed by atoms with Gasteiger partial charge in [0.1, 0.15) is 23.2 Å². The Morgan fingerprint density at radius 1 is 1.18 bits per heavy atom. The van der Waals surface area contributed by atoms with Gasteiger partial charge in [-0.1, -0.05) is 6.07 Å². The molecular weight excluding hydrogens is 433 g/mol. The topological polar surface area (TPSA) is 90.5 Å². The molecule has 1 unspecified atom stereocenters. The summed E-state index contributed by atoms with van der Waals surface area (Å²) in [6, 6.07) is 8.54. The number of rotatable bonds is 5. The Hall–Kier alpha value is -3.88. The van der Waals surface area contributed by atoms with E-state index >= 15 is 0 Å². The van der Waals surface area contributed by atoms with Crippen LogP contribution < -0.4 is 5.32 Å². The van der Waals surface area contributed by atoms with Crippen LogP contribution in [0.15, 0.2) is 42.9 Å². The number of carbonyl (C=O) groups excluding carboxylic acids is 1. The Bertz CT molecular complexity index is 1420. The van der Waals surface area contributed by atoms with Gasteiger partial charge in [0, 0.05) is 24.6 Å². The molecule has 1 fully saturated rings. The Labute approximate surface area is 195 Å². The van der Waals surface area contributed by atoms with E-state index in [1.54, 1.807) is 24.5 Å². The molecule has 1 amide bonds. The molecule has 0 saturated heterocycles. The summed E-state index contributed by atoms with van der Waals surface area (Å²) in [5, 5.41) is 11.3. The summed E-state index contributed by atoms with van der Waals surface area (Å²) in [5.41, 5.74) is 3.04. The smallest absolute Gasteiger partial charge is 0.259 e. The normalized spacial score (nSPS) is 17.1. The first kappa shape index (κ1) is 20.7. The van der Waals surface area contributed by atoms with E-state index in [0.717, 1.165) is 48.5 Å². The van der Waals surface area contributed by atoms with E-state index in [4.69, 9.17) is 0 Å². The maximum absolute atomic E-state index is 14.8. The fourth-order valence-corrected chi connectivity index (χ4v) is 4.58. The molecule has 0 radical (unpaired) electrons. The summed E-state index contributed by atoms with van der Waals surface area (Å²) in [4.78, 5) is 22.1. The zero-order valence-electron chi connectivity index (χ0n) is 19.0. The Morgan fingerprint density at radius 3 is 2.85 bits per heavy atom. The van der Waals surface area contributed by atoms with Crippen LogP contribution in [0.3, 0.4) is 0 Å². The summed E-state index contributed by atoms with van der Waals surface area (Å²) in [7, 11) is 0. The number of pyridine rings is 1. The first-order valence-corrected chi connectivity index (χ1v) is 11.5. The summed E-state index contributed by atoms with van der Waals surface area (Å²) in [5.74, 6) is 1.31. The molecule has 6 rings (SSSR count). The molecule has 1 aliphatic carbocycles. The van der Waals surface area contributed by atoms with Crippen LogP contribution in [0.4, 0.5) is 10.2 Å². The molecule has 2 aliphatic rings. The molecule has 1 atom stereocenters. The van der Waals surface area contributed by atoms with E-state index in [2.05, 4.69) is 37.0 Å². The number of imidazole rings is 1. The van der Waals surface area contributed by atoms with E-state index in [9.17, 15) is 9.18 Å². The third-order valence-corrected chi connectivity index (χ3v) is 6.62. The van der Waals surface area contributed by atoms with Crippen molar-refractivity contribution in [1.29, 1.82) is 0 Å². The number of aromatic nitrogens is 6. The average molecular weight is 458 g/mol. The first-order valence-electron chi connectivity index (χ1n) is 11.5. The third kappa shape index (κ3) is 3.57. The van der Waals surface area contributed by atoms with Crippen molar-refractivity contribution in [1.82, 2.24) is 29.3 Å². The highest BCUT2D eigenvalue weighted by Crippen LogP contribution is 2.39. The van der Waals surface area contributed by atoms with Crippen molar-refractivity contribution in [2.75, 3.05) is 5.32 Å². The number of aryl methyl sites for hydroxylation is 2. The minimum atomic E-state index is -0.582. The predicted molar refractivity (Wildman–Crippen MR) is 124 cm³/mol. The Balaban J connectivity index is 1.28. The fourth-order valence-electron chi connectivity index (χ4n) is 4.58. The number of fused-ring (bicyclic) bond motifs is 1. The quantitative estimate of drug-likeness (QED) is 0.473. The number of halogens is 1. The SMILES string of the molecule is Cc1cc(F)c(C(=O)Nc2cccc(-c3nnc4n3C(C)CC4)n2)cc1-n1cnc(C2CC2)c1. The highest BCUT2D eigenvalue weighted by atomic mass is 19.1. The lowest BCUT2D eigenvalue weighted by Gasteiger charge is -2.12. The van der Waals surface area contributed by atoms with Crippen LogP contribution in [0.5, 0.6) is 0 Å². The molecule has 8 nitrogen and oxygen atoms in total. The van der Waals surface area contributed by atoms with Crippen molar-refractivity contribution in [2.24, 2.45) is 0 Å². The molecule has 4 heterocycles. The molecule has 1 N–H and O–H groups in total. The first-order chi connectivity index (χ1) is 16.5. The largest absolute Gasteiger partial charge is 0.307 e. The number of hydrogen-bond acceptors (Lipinski definition) is 5. The summed E-state index contributed by atoms with van der Waals surface area (Å²) < 4.78 is 18.7. The highest BCUT2D eigenvalue weighted by Gasteiger charge is 2.27. The molecule has 1 saturated carbocycles. The lowest BCUT2D eigenvalue weighted by atomic mass is 10.1. The van der Waals surface area contributed by atoms with Gasteiger partial charge >= 0.3 is 0 Å². The molecule has 3 aromatic heterocycles. The van der Waals surface area contributed by atoms with Crippen LogP contribution in [-0.4, -0.2) is 35.2 Å². The number of nitrogens with zero attached hydrogens (tertiary/aromatic N) is 6. The molecule has 1 aromatic carbocycles. The van der Waals surface area contributed by atoms with Crippen molar-refractivity contribution in [3.63, 3.8) is 0 Å². The second kappa shape index (κ2) is 7.86. The van der Waals surface area contributed by atoms with Gasteiger partial charge < -0.3 is 14.5 Å². The van der Waals surface area contributed by atoms with Crippen LogP contribution in [0.1, 0.15) is 65.6 Å². The zero-order valence-corrected chi connectivity index (χ0v) is 19.0.